The lowest BCUT2D eigenvalue weighted by Gasteiger charge is -2.25. The Morgan fingerprint density at radius 2 is 2.18 bits per heavy atom. The Morgan fingerprint density at radius 3 is 2.82 bits per heavy atom. The van der Waals surface area contributed by atoms with Gasteiger partial charge in [-0.15, -0.1) is 0 Å². The number of sulfonamides is 1. The van der Waals surface area contributed by atoms with Crippen molar-refractivity contribution in [2.24, 2.45) is 0 Å². The lowest BCUT2D eigenvalue weighted by atomic mass is 10.1. The second kappa shape index (κ2) is 5.88. The standard InChI is InChI=1S/C14H18N2O5S/c1-15(8-12-4-3-6-20-12)22(17,18)13-10-21-16(2)14(13)11-5-7-19-9-11/h3-7,9,13-14H,8,10H2,1-2H3. The van der Waals surface area contributed by atoms with Gasteiger partial charge >= 0.3 is 0 Å². The molecule has 2 unspecified atom stereocenters. The van der Waals surface area contributed by atoms with Gasteiger partial charge in [-0.25, -0.2) is 8.42 Å². The van der Waals surface area contributed by atoms with Crippen LogP contribution in [0.4, 0.5) is 0 Å². The Hall–Kier alpha value is -1.61. The van der Waals surface area contributed by atoms with E-state index in [9.17, 15) is 8.42 Å². The van der Waals surface area contributed by atoms with Crippen LogP contribution in [-0.4, -0.2) is 43.7 Å². The normalized spacial score (nSPS) is 23.4. The third-order valence-electron chi connectivity index (χ3n) is 3.85. The average molecular weight is 326 g/mol. The molecule has 8 heteroatoms. The van der Waals surface area contributed by atoms with E-state index in [1.165, 1.54) is 16.8 Å². The first-order chi connectivity index (χ1) is 10.5. The van der Waals surface area contributed by atoms with Gasteiger partial charge in [-0.3, -0.25) is 4.84 Å². The fourth-order valence-electron chi connectivity index (χ4n) is 2.66. The summed E-state index contributed by atoms with van der Waals surface area (Å²) in [6.45, 7) is 0.296. The van der Waals surface area contributed by atoms with E-state index < -0.39 is 21.3 Å². The summed E-state index contributed by atoms with van der Waals surface area (Å²) in [4.78, 5) is 5.44. The lowest BCUT2D eigenvalue weighted by Crippen LogP contribution is -2.40. The fraction of sp³-hybridized carbons (Fsp3) is 0.429. The van der Waals surface area contributed by atoms with Crippen molar-refractivity contribution in [2.45, 2.75) is 17.8 Å². The molecule has 7 nitrogen and oxygen atoms in total. The molecular formula is C14H18N2O5S. The van der Waals surface area contributed by atoms with E-state index in [1.54, 1.807) is 43.6 Å². The molecule has 0 aliphatic carbocycles. The van der Waals surface area contributed by atoms with Gasteiger partial charge in [-0.2, -0.15) is 9.37 Å². The van der Waals surface area contributed by atoms with Crippen molar-refractivity contribution in [1.29, 1.82) is 0 Å². The number of rotatable bonds is 5. The van der Waals surface area contributed by atoms with Crippen molar-refractivity contribution >= 4 is 10.0 Å². The van der Waals surface area contributed by atoms with Gasteiger partial charge in [0.15, 0.2) is 0 Å². The summed E-state index contributed by atoms with van der Waals surface area (Å²) in [5.41, 5.74) is 0.778. The zero-order valence-corrected chi connectivity index (χ0v) is 13.2. The third kappa shape index (κ3) is 2.70. The summed E-state index contributed by atoms with van der Waals surface area (Å²) in [6.07, 6.45) is 4.60. The van der Waals surface area contributed by atoms with E-state index in [0.29, 0.717) is 5.76 Å². The van der Waals surface area contributed by atoms with Crippen LogP contribution in [0.3, 0.4) is 0 Å². The van der Waals surface area contributed by atoms with E-state index in [-0.39, 0.29) is 13.2 Å². The van der Waals surface area contributed by atoms with Gasteiger partial charge in [0.1, 0.15) is 11.0 Å². The van der Waals surface area contributed by atoms with Crippen molar-refractivity contribution in [2.75, 3.05) is 20.7 Å². The molecule has 0 saturated carbocycles. The van der Waals surface area contributed by atoms with Crippen LogP contribution in [0.25, 0.3) is 0 Å². The van der Waals surface area contributed by atoms with Crippen LogP contribution >= 0.6 is 0 Å². The molecule has 1 aliphatic heterocycles. The van der Waals surface area contributed by atoms with Crippen molar-refractivity contribution in [3.63, 3.8) is 0 Å². The Labute approximate surface area is 129 Å². The van der Waals surface area contributed by atoms with Gasteiger partial charge in [0, 0.05) is 19.7 Å². The minimum Gasteiger partial charge on any atom is -0.472 e. The highest BCUT2D eigenvalue weighted by Crippen LogP contribution is 2.35. The summed E-state index contributed by atoms with van der Waals surface area (Å²) < 4.78 is 37.3. The smallest absolute Gasteiger partial charge is 0.221 e. The van der Waals surface area contributed by atoms with Crippen LogP contribution in [0, 0.1) is 0 Å². The minimum absolute atomic E-state index is 0.108. The highest BCUT2D eigenvalue weighted by atomic mass is 32.2. The maximum Gasteiger partial charge on any atom is 0.221 e. The largest absolute Gasteiger partial charge is 0.472 e. The molecule has 2 aromatic heterocycles. The molecule has 0 spiro atoms. The Morgan fingerprint density at radius 1 is 1.36 bits per heavy atom. The van der Waals surface area contributed by atoms with Crippen molar-refractivity contribution in [1.82, 2.24) is 9.37 Å². The molecule has 0 radical (unpaired) electrons. The predicted molar refractivity (Wildman–Crippen MR) is 78.0 cm³/mol. The van der Waals surface area contributed by atoms with E-state index in [1.807, 2.05) is 0 Å². The van der Waals surface area contributed by atoms with Gasteiger partial charge in [-0.1, -0.05) is 0 Å². The molecule has 120 valence electrons. The number of nitrogens with zero attached hydrogens (tertiary/aromatic N) is 2. The summed E-state index contributed by atoms with van der Waals surface area (Å²) >= 11 is 0. The number of furan rings is 2. The molecule has 1 saturated heterocycles. The number of hydrogen-bond donors (Lipinski definition) is 0. The second-order valence-corrected chi connectivity index (χ2v) is 7.52. The lowest BCUT2D eigenvalue weighted by molar-refractivity contribution is -0.110. The van der Waals surface area contributed by atoms with E-state index in [2.05, 4.69) is 0 Å². The zero-order valence-electron chi connectivity index (χ0n) is 12.4. The molecule has 3 heterocycles. The minimum atomic E-state index is -3.56. The van der Waals surface area contributed by atoms with Crippen molar-refractivity contribution in [3.05, 3.63) is 48.3 Å². The number of hydrogen-bond acceptors (Lipinski definition) is 6. The third-order valence-corrected chi connectivity index (χ3v) is 6.00. The monoisotopic (exact) mass is 326 g/mol. The molecule has 3 rings (SSSR count). The molecule has 0 N–H and O–H groups in total. The fourth-order valence-corrected chi connectivity index (χ4v) is 4.31. The van der Waals surface area contributed by atoms with Crippen LogP contribution in [0.2, 0.25) is 0 Å². The van der Waals surface area contributed by atoms with Gasteiger partial charge in [-0.05, 0) is 18.2 Å². The quantitative estimate of drug-likeness (QED) is 0.831. The highest BCUT2D eigenvalue weighted by molar-refractivity contribution is 7.89. The summed E-state index contributed by atoms with van der Waals surface area (Å²) in [5, 5.41) is 0.864. The molecular weight excluding hydrogens is 308 g/mol. The molecule has 0 aromatic carbocycles. The van der Waals surface area contributed by atoms with Gasteiger partial charge < -0.3 is 8.83 Å². The topological polar surface area (TPSA) is 76.1 Å². The Kier molecular flexibility index (Phi) is 4.09. The van der Waals surface area contributed by atoms with E-state index >= 15 is 0 Å². The van der Waals surface area contributed by atoms with Gasteiger partial charge in [0.05, 0.1) is 38.0 Å². The molecule has 2 aromatic rings. The van der Waals surface area contributed by atoms with Gasteiger partial charge in [0.25, 0.3) is 0 Å². The van der Waals surface area contributed by atoms with E-state index in [0.717, 1.165) is 5.56 Å². The zero-order chi connectivity index (χ0) is 15.7. The average Bonchev–Trinajstić information content (AvgIpc) is 3.18. The highest BCUT2D eigenvalue weighted by Gasteiger charge is 2.45. The molecule has 0 amide bonds. The van der Waals surface area contributed by atoms with Crippen LogP contribution in [0.15, 0.2) is 45.8 Å². The van der Waals surface area contributed by atoms with Crippen molar-refractivity contribution < 1.29 is 22.1 Å². The first-order valence-corrected chi connectivity index (χ1v) is 8.36. The maximum absolute atomic E-state index is 12.9. The number of hydroxylamine groups is 2. The van der Waals surface area contributed by atoms with Crippen LogP contribution in [0.5, 0.6) is 0 Å². The molecule has 22 heavy (non-hydrogen) atoms. The van der Waals surface area contributed by atoms with Crippen LogP contribution < -0.4 is 0 Å². The van der Waals surface area contributed by atoms with Crippen LogP contribution in [0.1, 0.15) is 17.4 Å². The van der Waals surface area contributed by atoms with E-state index in [4.69, 9.17) is 13.7 Å². The van der Waals surface area contributed by atoms with Gasteiger partial charge in [0.2, 0.25) is 10.0 Å². The summed E-state index contributed by atoms with van der Waals surface area (Å²) in [7, 11) is -0.292. The maximum atomic E-state index is 12.9. The molecule has 0 bridgehead atoms. The second-order valence-electron chi connectivity index (χ2n) is 5.26. The molecule has 1 fully saturated rings. The molecule has 1 aliphatic rings. The SMILES string of the molecule is CN1OCC(S(=O)(=O)N(C)Cc2ccco2)C1c1ccoc1. The first kappa shape index (κ1) is 15.3. The summed E-state index contributed by atoms with van der Waals surface area (Å²) in [5.74, 6) is 0.596. The predicted octanol–water partition coefficient (Wildman–Crippen LogP) is 1.62. The Balaban J connectivity index is 1.84. The molecule has 2 atom stereocenters. The van der Waals surface area contributed by atoms with Crippen molar-refractivity contribution in [3.8, 4) is 0 Å². The summed E-state index contributed by atoms with van der Waals surface area (Å²) in [6, 6.07) is 4.83. The first-order valence-electron chi connectivity index (χ1n) is 6.85. The Bertz CT molecular complexity index is 696. The van der Waals surface area contributed by atoms with Crippen LogP contribution in [-0.2, 0) is 21.4 Å².